The summed E-state index contributed by atoms with van der Waals surface area (Å²) in [4.78, 5) is 26.0. The summed E-state index contributed by atoms with van der Waals surface area (Å²) in [7, 11) is 0. The van der Waals surface area contributed by atoms with Gasteiger partial charge in [-0.25, -0.2) is 0 Å². The van der Waals surface area contributed by atoms with Gasteiger partial charge < -0.3 is 5.32 Å². The molecule has 34 heavy (non-hydrogen) atoms. The molecule has 0 aliphatic heterocycles. The van der Waals surface area contributed by atoms with Gasteiger partial charge in [0.15, 0.2) is 0 Å². The minimum atomic E-state index is -0.122. The number of amides is 1. The number of fused-ring (bicyclic) bond motifs is 3. The average Bonchev–Trinajstić information content (AvgIpc) is 3.10. The average molecular weight is 478 g/mol. The maximum Gasteiger partial charge on any atom is 0.263 e. The number of halogens is 1. The van der Waals surface area contributed by atoms with E-state index in [-0.39, 0.29) is 17.5 Å². The molecule has 0 atom stereocenters. The lowest BCUT2D eigenvalue weighted by Crippen LogP contribution is -2.34. The molecule has 5 rings (SSSR count). The number of rotatable bonds is 6. The zero-order valence-corrected chi connectivity index (χ0v) is 19.8. The summed E-state index contributed by atoms with van der Waals surface area (Å²) in [5.74, 6) is 1.19. The second-order valence-electron chi connectivity index (χ2n) is 9.04. The van der Waals surface area contributed by atoms with Gasteiger partial charge in [0.05, 0.1) is 17.4 Å². The Balaban J connectivity index is 1.45. The fourth-order valence-electron chi connectivity index (χ4n) is 4.84. The Labute approximate surface area is 202 Å². The van der Waals surface area contributed by atoms with E-state index in [1.807, 2.05) is 52.9 Å². The normalized spacial score (nSPS) is 15.0. The summed E-state index contributed by atoms with van der Waals surface area (Å²) in [5, 5.41) is 13.2. The molecule has 1 aliphatic carbocycles. The number of para-hydroxylation sites is 1. The Morgan fingerprint density at radius 1 is 1.00 bits per heavy atom. The molecule has 2 heterocycles. The number of benzene rings is 2. The molecule has 7 nitrogen and oxygen atoms in total. The molecule has 8 heteroatoms. The van der Waals surface area contributed by atoms with Crippen LogP contribution in [0.5, 0.6) is 0 Å². The largest absolute Gasteiger partial charge is 0.353 e. The molecule has 1 N–H and O–H groups in total. The molecule has 0 spiro atoms. The third kappa shape index (κ3) is 4.71. The predicted molar refractivity (Wildman–Crippen MR) is 133 cm³/mol. The number of nitrogens with zero attached hydrogens (tertiary/aromatic N) is 4. The molecular formula is C26H28ClN5O2. The lowest BCUT2D eigenvalue weighted by molar-refractivity contribution is -0.121. The summed E-state index contributed by atoms with van der Waals surface area (Å²) in [6, 6.07) is 15.2. The molecule has 4 aromatic rings. The van der Waals surface area contributed by atoms with Gasteiger partial charge in [0.2, 0.25) is 11.7 Å². The first kappa shape index (κ1) is 22.6. The van der Waals surface area contributed by atoms with Gasteiger partial charge in [-0.05, 0) is 42.7 Å². The summed E-state index contributed by atoms with van der Waals surface area (Å²) >= 11 is 6.02. The van der Waals surface area contributed by atoms with Crippen molar-refractivity contribution >= 4 is 34.2 Å². The van der Waals surface area contributed by atoms with Gasteiger partial charge >= 0.3 is 0 Å². The smallest absolute Gasteiger partial charge is 0.263 e. The van der Waals surface area contributed by atoms with Crippen LogP contribution in [0.15, 0.2) is 53.3 Å². The highest BCUT2D eigenvalue weighted by molar-refractivity contribution is 6.30. The van der Waals surface area contributed by atoms with E-state index in [2.05, 4.69) is 15.5 Å². The van der Waals surface area contributed by atoms with E-state index in [4.69, 9.17) is 11.6 Å². The van der Waals surface area contributed by atoms with E-state index in [1.165, 1.54) is 25.7 Å². The van der Waals surface area contributed by atoms with Crippen LogP contribution in [0.25, 0.3) is 16.7 Å². The highest BCUT2D eigenvalue weighted by Crippen LogP contribution is 2.19. The second kappa shape index (κ2) is 9.97. The van der Waals surface area contributed by atoms with Crippen LogP contribution in [0, 0.1) is 0 Å². The van der Waals surface area contributed by atoms with Crippen molar-refractivity contribution in [2.75, 3.05) is 0 Å². The van der Waals surface area contributed by atoms with Crippen LogP contribution in [0.1, 0.15) is 56.3 Å². The van der Waals surface area contributed by atoms with Crippen molar-refractivity contribution in [3.63, 3.8) is 0 Å². The number of aryl methyl sites for hydroxylation is 1. The Hall–Kier alpha value is -3.19. The van der Waals surface area contributed by atoms with E-state index < -0.39 is 0 Å². The summed E-state index contributed by atoms with van der Waals surface area (Å²) in [6.07, 6.45) is 7.76. The molecule has 2 aromatic heterocycles. The minimum Gasteiger partial charge on any atom is -0.353 e. The van der Waals surface area contributed by atoms with Crippen LogP contribution in [0.4, 0.5) is 0 Å². The van der Waals surface area contributed by atoms with Crippen LogP contribution >= 0.6 is 11.6 Å². The van der Waals surface area contributed by atoms with Crippen molar-refractivity contribution in [2.24, 2.45) is 0 Å². The van der Waals surface area contributed by atoms with E-state index >= 15 is 0 Å². The molecule has 176 valence electrons. The molecular weight excluding hydrogens is 450 g/mol. The Kier molecular flexibility index (Phi) is 6.63. The molecule has 1 saturated carbocycles. The number of aromatic nitrogens is 4. The Bertz CT molecular complexity index is 1370. The van der Waals surface area contributed by atoms with Crippen molar-refractivity contribution < 1.29 is 4.79 Å². The van der Waals surface area contributed by atoms with Crippen LogP contribution in [-0.2, 0) is 17.8 Å². The van der Waals surface area contributed by atoms with E-state index in [1.54, 1.807) is 4.57 Å². The molecule has 0 bridgehead atoms. The monoisotopic (exact) mass is 477 g/mol. The third-order valence-electron chi connectivity index (χ3n) is 6.62. The number of carbonyl (C=O) groups excluding carboxylic acids is 1. The standard InChI is InChI=1S/C26H28ClN5O2/c27-19-13-11-18(12-14-19)17-31-25(34)21-9-5-6-10-22(21)32-23(29-30-26(31)32)15-16-24(33)28-20-7-3-1-2-4-8-20/h5-6,9-14,20H,1-4,7-8,15-17H2,(H,28,33). The predicted octanol–water partition coefficient (Wildman–Crippen LogP) is 4.52. The van der Waals surface area contributed by atoms with Crippen molar-refractivity contribution in [1.82, 2.24) is 24.5 Å². The van der Waals surface area contributed by atoms with E-state index in [0.29, 0.717) is 41.4 Å². The van der Waals surface area contributed by atoms with Crippen molar-refractivity contribution in [2.45, 2.75) is 64.0 Å². The lowest BCUT2D eigenvalue weighted by Gasteiger charge is -2.16. The SMILES string of the molecule is O=C(CCc1nnc2n(Cc3ccc(Cl)cc3)c(=O)c3ccccc3n12)NC1CCCCCC1. The second-order valence-corrected chi connectivity index (χ2v) is 9.48. The molecule has 1 fully saturated rings. The zero-order chi connectivity index (χ0) is 23.5. The van der Waals surface area contributed by atoms with Gasteiger partial charge in [-0.2, -0.15) is 0 Å². The fraction of sp³-hybridized carbons (Fsp3) is 0.385. The first-order valence-electron chi connectivity index (χ1n) is 12.0. The van der Waals surface area contributed by atoms with Gasteiger partial charge in [0, 0.05) is 23.9 Å². The fourth-order valence-corrected chi connectivity index (χ4v) is 4.97. The van der Waals surface area contributed by atoms with Gasteiger partial charge in [-0.3, -0.25) is 18.6 Å². The first-order chi connectivity index (χ1) is 16.6. The zero-order valence-electron chi connectivity index (χ0n) is 19.0. The maximum absolute atomic E-state index is 13.3. The summed E-state index contributed by atoms with van der Waals surface area (Å²) in [6.45, 7) is 0.352. The van der Waals surface area contributed by atoms with Crippen LogP contribution in [0.2, 0.25) is 5.02 Å². The van der Waals surface area contributed by atoms with Gasteiger partial charge in [0.25, 0.3) is 5.56 Å². The molecule has 0 unspecified atom stereocenters. The van der Waals surface area contributed by atoms with Gasteiger partial charge in [-0.1, -0.05) is 61.5 Å². The topological polar surface area (TPSA) is 81.3 Å². The van der Waals surface area contributed by atoms with Crippen LogP contribution in [0.3, 0.4) is 0 Å². The molecule has 0 saturated heterocycles. The highest BCUT2D eigenvalue weighted by Gasteiger charge is 2.19. The quantitative estimate of drug-likeness (QED) is 0.414. The van der Waals surface area contributed by atoms with Crippen LogP contribution < -0.4 is 10.9 Å². The Morgan fingerprint density at radius 2 is 1.74 bits per heavy atom. The maximum atomic E-state index is 13.3. The number of hydrogen-bond donors (Lipinski definition) is 1. The van der Waals surface area contributed by atoms with Crippen molar-refractivity contribution in [3.05, 3.63) is 75.3 Å². The number of hydrogen-bond acceptors (Lipinski definition) is 4. The molecule has 0 radical (unpaired) electrons. The molecule has 2 aromatic carbocycles. The first-order valence-corrected chi connectivity index (χ1v) is 12.4. The van der Waals surface area contributed by atoms with Gasteiger partial charge in [0.1, 0.15) is 5.82 Å². The van der Waals surface area contributed by atoms with Crippen LogP contribution in [-0.4, -0.2) is 31.1 Å². The van der Waals surface area contributed by atoms with Crippen molar-refractivity contribution in [3.8, 4) is 0 Å². The number of carbonyl (C=O) groups is 1. The Morgan fingerprint density at radius 3 is 2.50 bits per heavy atom. The van der Waals surface area contributed by atoms with Crippen molar-refractivity contribution in [1.29, 1.82) is 0 Å². The highest BCUT2D eigenvalue weighted by atomic mass is 35.5. The van der Waals surface area contributed by atoms with E-state index in [0.717, 1.165) is 23.9 Å². The van der Waals surface area contributed by atoms with Gasteiger partial charge in [-0.15, -0.1) is 10.2 Å². The minimum absolute atomic E-state index is 0.0439. The third-order valence-corrected chi connectivity index (χ3v) is 6.88. The lowest BCUT2D eigenvalue weighted by atomic mass is 10.1. The summed E-state index contributed by atoms with van der Waals surface area (Å²) < 4.78 is 3.54. The molecule has 1 aliphatic rings. The molecule has 1 amide bonds. The number of nitrogens with one attached hydrogen (secondary N) is 1. The summed E-state index contributed by atoms with van der Waals surface area (Å²) in [5.41, 5.74) is 1.57. The van der Waals surface area contributed by atoms with E-state index in [9.17, 15) is 9.59 Å².